The summed E-state index contributed by atoms with van der Waals surface area (Å²) >= 11 is 5.90. The highest BCUT2D eigenvalue weighted by atomic mass is 35.5. The summed E-state index contributed by atoms with van der Waals surface area (Å²) in [6.07, 6.45) is 4.47. The lowest BCUT2D eigenvalue weighted by Gasteiger charge is -2.11. The van der Waals surface area contributed by atoms with Gasteiger partial charge in [-0.3, -0.25) is 4.98 Å². The number of aryl methyl sites for hydroxylation is 2. The molecule has 0 fully saturated rings. The van der Waals surface area contributed by atoms with Crippen LogP contribution in [0.3, 0.4) is 0 Å². The van der Waals surface area contributed by atoms with E-state index < -0.39 is 12.6 Å². The second kappa shape index (κ2) is 7.96. The van der Waals surface area contributed by atoms with Gasteiger partial charge in [-0.2, -0.15) is 4.98 Å². The summed E-state index contributed by atoms with van der Waals surface area (Å²) in [4.78, 5) is 27.5. The molecule has 4 rings (SSSR count). The minimum absolute atomic E-state index is 0.0686. The van der Waals surface area contributed by atoms with Crippen molar-refractivity contribution in [2.75, 3.05) is 6.61 Å². The Morgan fingerprint density at radius 2 is 1.90 bits per heavy atom. The quantitative estimate of drug-likeness (QED) is 0.483. The number of fused-ring (bicyclic) bond motifs is 1. The van der Waals surface area contributed by atoms with Gasteiger partial charge in [-0.05, 0) is 37.1 Å². The Morgan fingerprint density at radius 1 is 1.13 bits per heavy atom. The van der Waals surface area contributed by atoms with Crippen molar-refractivity contribution >= 4 is 28.8 Å². The molecule has 10 heteroatoms. The van der Waals surface area contributed by atoms with Crippen LogP contribution < -0.4 is 9.47 Å². The van der Waals surface area contributed by atoms with Gasteiger partial charge in [-0.25, -0.2) is 14.8 Å². The highest BCUT2D eigenvalue weighted by molar-refractivity contribution is 6.30. The molecule has 0 aliphatic heterocycles. The topological polar surface area (TPSA) is 120 Å². The first kappa shape index (κ1) is 19.6. The second-order valence-corrected chi connectivity index (χ2v) is 6.86. The van der Waals surface area contributed by atoms with Crippen molar-refractivity contribution in [2.24, 2.45) is 0 Å². The number of carbonyl (C=O) groups is 1. The summed E-state index contributed by atoms with van der Waals surface area (Å²) in [5, 5.41) is 9.24. The first-order chi connectivity index (χ1) is 14.4. The molecule has 0 bridgehead atoms. The number of aromatic nitrogens is 4. The molecule has 4 aromatic rings. The molecule has 152 valence electrons. The maximum Gasteiger partial charge on any atom is 0.341 e. The summed E-state index contributed by atoms with van der Waals surface area (Å²) < 4.78 is 16.7. The molecule has 1 aromatic carbocycles. The second-order valence-electron chi connectivity index (χ2n) is 6.42. The minimum Gasteiger partial charge on any atom is -0.481 e. The Hall–Kier alpha value is -3.72. The molecule has 3 heterocycles. The van der Waals surface area contributed by atoms with E-state index in [1.54, 1.807) is 18.2 Å². The van der Waals surface area contributed by atoms with Crippen LogP contribution in [0.1, 0.15) is 11.1 Å². The molecule has 0 aliphatic rings. The summed E-state index contributed by atoms with van der Waals surface area (Å²) in [7, 11) is 0. The molecule has 1 N–H and O–H groups in total. The number of pyridine rings is 1. The van der Waals surface area contributed by atoms with Gasteiger partial charge in [0, 0.05) is 17.8 Å². The van der Waals surface area contributed by atoms with E-state index in [2.05, 4.69) is 19.9 Å². The summed E-state index contributed by atoms with van der Waals surface area (Å²) in [5.74, 6) is 0.214. The van der Waals surface area contributed by atoms with E-state index in [0.29, 0.717) is 33.5 Å². The molecule has 0 atom stereocenters. The highest BCUT2D eigenvalue weighted by Gasteiger charge is 2.15. The summed E-state index contributed by atoms with van der Waals surface area (Å²) in [6, 6.07) is 5.27. The standard InChI is InChI=1S/C20H15ClN4O5/c1-10-3-12(4-11(2)17(10)28-9-16(26)27)18-24-15-8-23-20(25-19(15)30-18)29-14-5-13(21)6-22-7-14/h3-8H,9H2,1-2H3,(H,26,27). The first-order valence-electron chi connectivity index (χ1n) is 8.77. The summed E-state index contributed by atoms with van der Waals surface area (Å²) in [5.41, 5.74) is 2.94. The molecule has 0 aliphatic carbocycles. The fourth-order valence-corrected chi connectivity index (χ4v) is 3.05. The molecule has 0 radical (unpaired) electrons. The van der Waals surface area contributed by atoms with Crippen LogP contribution in [0.2, 0.25) is 5.02 Å². The zero-order chi connectivity index (χ0) is 21.3. The Labute approximate surface area is 175 Å². The molecule has 30 heavy (non-hydrogen) atoms. The van der Waals surface area contributed by atoms with Crippen LogP contribution >= 0.6 is 11.6 Å². The van der Waals surface area contributed by atoms with Crippen molar-refractivity contribution in [2.45, 2.75) is 13.8 Å². The number of hydrogen-bond acceptors (Lipinski definition) is 8. The summed E-state index contributed by atoms with van der Waals surface area (Å²) in [6.45, 7) is 3.23. The Balaban J connectivity index is 1.63. The van der Waals surface area contributed by atoms with E-state index in [-0.39, 0.29) is 11.7 Å². The van der Waals surface area contributed by atoms with Crippen LogP contribution in [-0.2, 0) is 4.79 Å². The number of halogens is 1. The van der Waals surface area contributed by atoms with Crippen LogP contribution in [0.5, 0.6) is 17.5 Å². The van der Waals surface area contributed by atoms with Crippen LogP contribution in [0.4, 0.5) is 0 Å². The largest absolute Gasteiger partial charge is 0.481 e. The number of aliphatic carboxylic acids is 1. The average Bonchev–Trinajstić information content (AvgIpc) is 3.10. The van der Waals surface area contributed by atoms with Gasteiger partial charge in [0.1, 0.15) is 11.3 Å². The molecule has 0 saturated carbocycles. The SMILES string of the molecule is Cc1cc(-c2nc3cnc(Oc4cncc(Cl)c4)nc3o2)cc(C)c1OCC(=O)O. The third-order valence-corrected chi connectivity index (χ3v) is 4.27. The lowest BCUT2D eigenvalue weighted by Crippen LogP contribution is -2.10. The molecule has 0 saturated heterocycles. The highest BCUT2D eigenvalue weighted by Crippen LogP contribution is 2.31. The number of ether oxygens (including phenoxy) is 2. The van der Waals surface area contributed by atoms with Gasteiger partial charge < -0.3 is 19.0 Å². The van der Waals surface area contributed by atoms with Crippen LogP contribution in [0, 0.1) is 13.8 Å². The number of benzene rings is 1. The Morgan fingerprint density at radius 3 is 2.60 bits per heavy atom. The van der Waals surface area contributed by atoms with Crippen molar-refractivity contribution in [3.05, 3.63) is 52.9 Å². The average molecular weight is 427 g/mol. The van der Waals surface area contributed by atoms with Crippen molar-refractivity contribution < 1.29 is 23.8 Å². The third-order valence-electron chi connectivity index (χ3n) is 4.07. The maximum atomic E-state index is 10.8. The van der Waals surface area contributed by atoms with Crippen LogP contribution in [-0.4, -0.2) is 37.6 Å². The molecule has 0 amide bonds. The van der Waals surface area contributed by atoms with Crippen LogP contribution in [0.15, 0.2) is 41.2 Å². The fraction of sp³-hybridized carbons (Fsp3) is 0.150. The Bertz CT molecular complexity index is 1230. The monoisotopic (exact) mass is 426 g/mol. The number of oxazole rings is 1. The molecule has 0 unspecified atom stereocenters. The first-order valence-corrected chi connectivity index (χ1v) is 9.15. The van der Waals surface area contributed by atoms with Crippen molar-refractivity contribution in [1.82, 2.24) is 19.9 Å². The fourth-order valence-electron chi connectivity index (χ4n) is 2.88. The number of nitrogens with zero attached hydrogens (tertiary/aromatic N) is 4. The number of rotatable bonds is 6. The van der Waals surface area contributed by atoms with Gasteiger partial charge in [-0.1, -0.05) is 11.6 Å². The van der Waals surface area contributed by atoms with Crippen molar-refractivity contribution in [3.63, 3.8) is 0 Å². The number of hydrogen-bond donors (Lipinski definition) is 1. The van der Waals surface area contributed by atoms with E-state index in [1.807, 2.05) is 13.8 Å². The van der Waals surface area contributed by atoms with Crippen LogP contribution in [0.25, 0.3) is 22.7 Å². The molecular formula is C20H15ClN4O5. The lowest BCUT2D eigenvalue weighted by molar-refractivity contribution is -0.139. The minimum atomic E-state index is -1.04. The zero-order valence-electron chi connectivity index (χ0n) is 15.9. The normalized spacial score (nSPS) is 10.9. The molecule has 0 spiro atoms. The van der Waals surface area contributed by atoms with E-state index in [0.717, 1.165) is 11.1 Å². The third kappa shape index (κ3) is 4.15. The van der Waals surface area contributed by atoms with Gasteiger partial charge in [0.2, 0.25) is 5.89 Å². The van der Waals surface area contributed by atoms with E-state index in [1.165, 1.54) is 18.6 Å². The molecule has 9 nitrogen and oxygen atoms in total. The molecular weight excluding hydrogens is 412 g/mol. The van der Waals surface area contributed by atoms with Gasteiger partial charge >= 0.3 is 12.0 Å². The van der Waals surface area contributed by atoms with Crippen molar-refractivity contribution in [1.29, 1.82) is 0 Å². The van der Waals surface area contributed by atoms with Gasteiger partial charge in [0.15, 0.2) is 12.4 Å². The Kier molecular flexibility index (Phi) is 5.20. The molecule has 3 aromatic heterocycles. The lowest BCUT2D eigenvalue weighted by atomic mass is 10.1. The number of carboxylic acid groups (broad SMARTS) is 1. The van der Waals surface area contributed by atoms with E-state index in [4.69, 9.17) is 30.6 Å². The van der Waals surface area contributed by atoms with E-state index in [9.17, 15) is 4.79 Å². The van der Waals surface area contributed by atoms with Gasteiger partial charge in [0.05, 0.1) is 17.4 Å². The van der Waals surface area contributed by atoms with Crippen molar-refractivity contribution in [3.8, 4) is 29.0 Å². The van der Waals surface area contributed by atoms with Gasteiger partial charge in [0.25, 0.3) is 5.71 Å². The zero-order valence-corrected chi connectivity index (χ0v) is 16.7. The van der Waals surface area contributed by atoms with Gasteiger partial charge in [-0.15, -0.1) is 0 Å². The maximum absolute atomic E-state index is 10.8. The predicted octanol–water partition coefficient (Wildman–Crippen LogP) is 4.21. The smallest absolute Gasteiger partial charge is 0.341 e. The predicted molar refractivity (Wildman–Crippen MR) is 107 cm³/mol. The van der Waals surface area contributed by atoms with E-state index >= 15 is 0 Å². The number of carboxylic acids is 1.